The van der Waals surface area contributed by atoms with Crippen molar-refractivity contribution >= 4 is 27.8 Å². The number of amides is 1. The second-order valence-electron chi connectivity index (χ2n) is 4.90. The van der Waals surface area contributed by atoms with Crippen molar-refractivity contribution in [3.05, 3.63) is 69.9 Å². The molecule has 0 spiro atoms. The second kappa shape index (κ2) is 7.87. The standard InChI is InChI=1S/C17H15BrFNO3/c1-20(10-12-6-2-5-9-15(12)19)16(21)11-23-17(22)13-7-3-4-8-14(13)18/h2-9H,10-11H2,1H3. The van der Waals surface area contributed by atoms with Gasteiger partial charge in [-0.25, -0.2) is 9.18 Å². The smallest absolute Gasteiger partial charge is 0.339 e. The number of likely N-dealkylation sites (N-methyl/N-ethyl adjacent to an activating group) is 1. The lowest BCUT2D eigenvalue weighted by molar-refractivity contribution is -0.133. The first-order chi connectivity index (χ1) is 11.0. The molecular weight excluding hydrogens is 365 g/mol. The van der Waals surface area contributed by atoms with E-state index in [2.05, 4.69) is 15.9 Å². The normalized spacial score (nSPS) is 10.2. The lowest BCUT2D eigenvalue weighted by Gasteiger charge is -2.17. The van der Waals surface area contributed by atoms with Crippen LogP contribution in [0.4, 0.5) is 4.39 Å². The number of ether oxygens (including phenoxy) is 1. The molecule has 0 unspecified atom stereocenters. The van der Waals surface area contributed by atoms with E-state index in [1.807, 2.05) is 0 Å². The quantitative estimate of drug-likeness (QED) is 0.747. The Bertz CT molecular complexity index is 720. The van der Waals surface area contributed by atoms with E-state index in [1.165, 1.54) is 18.0 Å². The Morgan fingerprint density at radius 2 is 1.78 bits per heavy atom. The van der Waals surface area contributed by atoms with Gasteiger partial charge in [-0.1, -0.05) is 30.3 Å². The van der Waals surface area contributed by atoms with Gasteiger partial charge in [0.1, 0.15) is 5.82 Å². The third-order valence-corrected chi connectivity index (χ3v) is 3.90. The molecule has 2 aromatic rings. The lowest BCUT2D eigenvalue weighted by atomic mass is 10.2. The molecule has 0 N–H and O–H groups in total. The number of halogens is 2. The first-order valence-corrected chi connectivity index (χ1v) is 7.67. The summed E-state index contributed by atoms with van der Waals surface area (Å²) in [7, 11) is 1.53. The van der Waals surface area contributed by atoms with E-state index in [9.17, 15) is 14.0 Å². The first kappa shape index (κ1) is 17.1. The molecule has 0 aromatic heterocycles. The van der Waals surface area contributed by atoms with Gasteiger partial charge < -0.3 is 9.64 Å². The Hall–Kier alpha value is -2.21. The van der Waals surface area contributed by atoms with E-state index in [1.54, 1.807) is 42.5 Å². The molecule has 0 aliphatic heterocycles. The summed E-state index contributed by atoms with van der Waals surface area (Å²) in [6.45, 7) is -0.288. The fourth-order valence-electron chi connectivity index (χ4n) is 1.91. The molecule has 0 bridgehead atoms. The number of carbonyl (C=O) groups is 2. The largest absolute Gasteiger partial charge is 0.452 e. The van der Waals surface area contributed by atoms with Crippen molar-refractivity contribution < 1.29 is 18.7 Å². The average molecular weight is 380 g/mol. The van der Waals surface area contributed by atoms with E-state index < -0.39 is 18.5 Å². The summed E-state index contributed by atoms with van der Waals surface area (Å²) >= 11 is 3.25. The number of hydrogen-bond acceptors (Lipinski definition) is 3. The maximum Gasteiger partial charge on any atom is 0.339 e. The number of hydrogen-bond donors (Lipinski definition) is 0. The molecule has 2 aromatic carbocycles. The van der Waals surface area contributed by atoms with E-state index in [0.29, 0.717) is 15.6 Å². The highest BCUT2D eigenvalue weighted by Crippen LogP contribution is 2.16. The van der Waals surface area contributed by atoms with E-state index in [-0.39, 0.29) is 12.4 Å². The number of esters is 1. The van der Waals surface area contributed by atoms with Gasteiger partial charge in [0, 0.05) is 23.6 Å². The zero-order valence-electron chi connectivity index (χ0n) is 12.5. The van der Waals surface area contributed by atoms with Crippen LogP contribution in [0.5, 0.6) is 0 Å². The molecule has 0 fully saturated rings. The maximum absolute atomic E-state index is 13.6. The van der Waals surface area contributed by atoms with Gasteiger partial charge >= 0.3 is 5.97 Å². The SMILES string of the molecule is CN(Cc1ccccc1F)C(=O)COC(=O)c1ccccc1Br. The van der Waals surface area contributed by atoms with Crippen LogP contribution in [-0.2, 0) is 16.1 Å². The van der Waals surface area contributed by atoms with Crippen molar-refractivity contribution in [1.29, 1.82) is 0 Å². The van der Waals surface area contributed by atoms with Crippen molar-refractivity contribution in [2.75, 3.05) is 13.7 Å². The molecule has 0 atom stereocenters. The van der Waals surface area contributed by atoms with Crippen molar-refractivity contribution in [3.63, 3.8) is 0 Å². The van der Waals surface area contributed by atoms with Crippen LogP contribution >= 0.6 is 15.9 Å². The highest BCUT2D eigenvalue weighted by Gasteiger charge is 2.16. The molecule has 4 nitrogen and oxygen atoms in total. The summed E-state index contributed by atoms with van der Waals surface area (Å²) in [4.78, 5) is 25.2. The van der Waals surface area contributed by atoms with Gasteiger partial charge in [0.25, 0.3) is 5.91 Å². The van der Waals surface area contributed by atoms with Gasteiger partial charge in [-0.2, -0.15) is 0 Å². The number of nitrogens with zero attached hydrogens (tertiary/aromatic N) is 1. The van der Waals surface area contributed by atoms with Crippen molar-refractivity contribution in [1.82, 2.24) is 4.90 Å². The van der Waals surface area contributed by atoms with Gasteiger partial charge in [-0.05, 0) is 34.1 Å². The Morgan fingerprint density at radius 3 is 2.48 bits per heavy atom. The topological polar surface area (TPSA) is 46.6 Å². The summed E-state index contributed by atoms with van der Waals surface area (Å²) in [5.41, 5.74) is 0.748. The number of benzene rings is 2. The summed E-state index contributed by atoms with van der Waals surface area (Å²) in [5, 5.41) is 0. The molecule has 0 aliphatic carbocycles. The molecule has 1 amide bonds. The molecule has 0 saturated carbocycles. The Morgan fingerprint density at radius 1 is 1.13 bits per heavy atom. The minimum atomic E-state index is -0.592. The summed E-state index contributed by atoms with van der Waals surface area (Å²) < 4.78 is 19.2. The van der Waals surface area contributed by atoms with Gasteiger partial charge in [0.05, 0.1) is 5.56 Å². The third kappa shape index (κ3) is 4.63. The Balaban J connectivity index is 1.91. The molecular formula is C17H15BrFNO3. The second-order valence-corrected chi connectivity index (χ2v) is 5.75. The van der Waals surface area contributed by atoms with E-state index in [0.717, 1.165) is 0 Å². The van der Waals surface area contributed by atoms with Gasteiger partial charge in [-0.3, -0.25) is 4.79 Å². The monoisotopic (exact) mass is 379 g/mol. The molecule has 0 aliphatic rings. The number of rotatable bonds is 5. The zero-order valence-corrected chi connectivity index (χ0v) is 14.0. The molecule has 120 valence electrons. The van der Waals surface area contributed by atoms with Crippen LogP contribution in [0, 0.1) is 5.82 Å². The fourth-order valence-corrected chi connectivity index (χ4v) is 2.36. The molecule has 23 heavy (non-hydrogen) atoms. The molecule has 2 rings (SSSR count). The van der Waals surface area contributed by atoms with Gasteiger partial charge in [0.15, 0.2) is 6.61 Å². The lowest BCUT2D eigenvalue weighted by Crippen LogP contribution is -2.31. The minimum Gasteiger partial charge on any atom is -0.452 e. The molecule has 0 radical (unpaired) electrons. The van der Waals surface area contributed by atoms with Crippen molar-refractivity contribution in [3.8, 4) is 0 Å². The predicted octanol–water partition coefficient (Wildman–Crippen LogP) is 3.40. The van der Waals surface area contributed by atoms with Crippen LogP contribution in [0.1, 0.15) is 15.9 Å². The zero-order chi connectivity index (χ0) is 16.8. The highest BCUT2D eigenvalue weighted by atomic mass is 79.9. The molecule has 6 heteroatoms. The summed E-state index contributed by atoms with van der Waals surface area (Å²) in [6.07, 6.45) is 0. The first-order valence-electron chi connectivity index (χ1n) is 6.88. The van der Waals surface area contributed by atoms with Crippen molar-refractivity contribution in [2.45, 2.75) is 6.54 Å². The van der Waals surface area contributed by atoms with Crippen LogP contribution in [-0.4, -0.2) is 30.4 Å². The van der Waals surface area contributed by atoms with Crippen molar-refractivity contribution in [2.24, 2.45) is 0 Å². The van der Waals surface area contributed by atoms with Crippen LogP contribution in [0.3, 0.4) is 0 Å². The van der Waals surface area contributed by atoms with E-state index in [4.69, 9.17) is 4.74 Å². The van der Waals surface area contributed by atoms with Crippen LogP contribution in [0.25, 0.3) is 0 Å². The fraction of sp³-hybridized carbons (Fsp3) is 0.176. The minimum absolute atomic E-state index is 0.109. The summed E-state index contributed by atoms with van der Waals surface area (Å²) in [6, 6.07) is 13.0. The Labute approximate surface area is 142 Å². The van der Waals surface area contributed by atoms with E-state index >= 15 is 0 Å². The predicted molar refractivity (Wildman–Crippen MR) is 87.3 cm³/mol. The van der Waals surface area contributed by atoms with Crippen LogP contribution in [0.15, 0.2) is 53.0 Å². The summed E-state index contributed by atoms with van der Waals surface area (Å²) in [5.74, 6) is -1.38. The highest BCUT2D eigenvalue weighted by molar-refractivity contribution is 9.10. The Kier molecular flexibility index (Phi) is 5.87. The van der Waals surface area contributed by atoms with Gasteiger partial charge in [-0.15, -0.1) is 0 Å². The maximum atomic E-state index is 13.6. The molecule has 0 heterocycles. The average Bonchev–Trinajstić information content (AvgIpc) is 2.54. The number of carbonyl (C=O) groups excluding carboxylic acids is 2. The van der Waals surface area contributed by atoms with Gasteiger partial charge in [0.2, 0.25) is 0 Å². The van der Waals surface area contributed by atoms with Crippen LogP contribution < -0.4 is 0 Å². The molecule has 0 saturated heterocycles. The van der Waals surface area contributed by atoms with Crippen LogP contribution in [0.2, 0.25) is 0 Å². The third-order valence-electron chi connectivity index (χ3n) is 3.21.